The molecule has 0 aromatic heterocycles. The van der Waals surface area contributed by atoms with Crippen molar-refractivity contribution in [2.45, 2.75) is 6.42 Å². The molecule has 7 nitrogen and oxygen atoms in total. The number of nitrogens with two attached hydrogens (primary N) is 1. The molecule has 2 rings (SSSR count). The Morgan fingerprint density at radius 3 is 2.54 bits per heavy atom. The van der Waals surface area contributed by atoms with E-state index in [4.69, 9.17) is 10.6 Å². The first kappa shape index (κ1) is 17.0. The summed E-state index contributed by atoms with van der Waals surface area (Å²) in [6.07, 6.45) is -0.0415. The summed E-state index contributed by atoms with van der Waals surface area (Å²) < 4.78 is 0. The number of carbonyl (C=O) groups excluding carboxylic acids is 2. The topological polar surface area (TPSA) is 106 Å². The van der Waals surface area contributed by atoms with Crippen molar-refractivity contribution in [1.29, 1.82) is 0 Å². The quantitative estimate of drug-likeness (QED) is 0.559. The number of benzene rings is 2. The lowest BCUT2D eigenvalue weighted by Crippen LogP contribution is -2.24. The Kier molecular flexibility index (Phi) is 5.90. The number of primary amides is 1. The number of rotatable bonds is 6. The SMILES string of the molecule is CNC(=O)Nc1cccc(O/N=C(\CC(N)=O)c2ccccc2)c1. The lowest BCUT2D eigenvalue weighted by molar-refractivity contribution is -0.116. The van der Waals surface area contributed by atoms with E-state index in [0.29, 0.717) is 17.1 Å². The Balaban J connectivity index is 2.18. The van der Waals surface area contributed by atoms with Crippen LogP contribution in [0.2, 0.25) is 0 Å². The fourth-order valence-electron chi connectivity index (χ4n) is 1.91. The van der Waals surface area contributed by atoms with Crippen LogP contribution in [0.25, 0.3) is 0 Å². The number of urea groups is 1. The molecule has 0 bridgehead atoms. The summed E-state index contributed by atoms with van der Waals surface area (Å²) in [6, 6.07) is 15.6. The van der Waals surface area contributed by atoms with E-state index in [0.717, 1.165) is 5.56 Å². The van der Waals surface area contributed by atoms with Gasteiger partial charge < -0.3 is 21.2 Å². The zero-order valence-corrected chi connectivity index (χ0v) is 13.2. The first-order valence-corrected chi connectivity index (χ1v) is 7.25. The molecular weight excluding hydrogens is 308 g/mol. The molecule has 0 atom stereocenters. The minimum Gasteiger partial charge on any atom is -0.369 e. The lowest BCUT2D eigenvalue weighted by atomic mass is 10.1. The van der Waals surface area contributed by atoms with Gasteiger partial charge in [-0.25, -0.2) is 4.79 Å². The fraction of sp³-hybridized carbons (Fsp3) is 0.118. The number of amides is 3. The molecule has 0 aliphatic heterocycles. The number of nitrogens with zero attached hydrogens (tertiary/aromatic N) is 1. The van der Waals surface area contributed by atoms with Gasteiger partial charge in [-0.15, -0.1) is 0 Å². The van der Waals surface area contributed by atoms with Crippen LogP contribution in [0.15, 0.2) is 59.8 Å². The molecule has 4 N–H and O–H groups in total. The van der Waals surface area contributed by atoms with Crippen LogP contribution in [0, 0.1) is 0 Å². The molecule has 0 spiro atoms. The van der Waals surface area contributed by atoms with Crippen molar-refractivity contribution in [3.63, 3.8) is 0 Å². The minimum absolute atomic E-state index is 0.0415. The minimum atomic E-state index is -0.503. The molecule has 0 aliphatic carbocycles. The Bertz CT molecular complexity index is 745. The number of hydrogen-bond acceptors (Lipinski definition) is 4. The zero-order valence-electron chi connectivity index (χ0n) is 13.2. The second-order valence-corrected chi connectivity index (χ2v) is 4.87. The third-order valence-electron chi connectivity index (χ3n) is 3.03. The maximum atomic E-state index is 11.3. The Hall–Kier alpha value is -3.35. The molecule has 0 radical (unpaired) electrons. The van der Waals surface area contributed by atoms with Gasteiger partial charge in [0.2, 0.25) is 5.91 Å². The molecule has 7 heteroatoms. The second kappa shape index (κ2) is 8.33. The highest BCUT2D eigenvalue weighted by molar-refractivity contribution is 6.09. The molecule has 2 aromatic carbocycles. The lowest BCUT2D eigenvalue weighted by Gasteiger charge is -2.07. The van der Waals surface area contributed by atoms with E-state index in [-0.39, 0.29) is 12.5 Å². The number of carbonyl (C=O) groups is 2. The molecule has 0 unspecified atom stereocenters. The van der Waals surface area contributed by atoms with Gasteiger partial charge in [-0.2, -0.15) is 0 Å². The molecule has 2 aromatic rings. The average Bonchev–Trinajstić information content (AvgIpc) is 2.59. The Morgan fingerprint density at radius 2 is 1.88 bits per heavy atom. The predicted molar refractivity (Wildman–Crippen MR) is 91.9 cm³/mol. The summed E-state index contributed by atoms with van der Waals surface area (Å²) in [7, 11) is 1.52. The van der Waals surface area contributed by atoms with Gasteiger partial charge in [-0.05, 0) is 17.7 Å². The van der Waals surface area contributed by atoms with E-state index in [1.807, 2.05) is 30.3 Å². The van der Waals surface area contributed by atoms with E-state index in [2.05, 4.69) is 15.8 Å². The molecule has 3 amide bonds. The van der Waals surface area contributed by atoms with Crippen LogP contribution in [0.1, 0.15) is 12.0 Å². The maximum absolute atomic E-state index is 11.3. The standard InChI is InChI=1S/C17H18N4O3/c1-19-17(23)20-13-8-5-9-14(10-13)24-21-15(11-16(18)22)12-6-3-2-4-7-12/h2-10H,11H2,1H3,(H2,18,22)(H2,19,20,23)/b21-15+. The average molecular weight is 326 g/mol. The fourth-order valence-corrected chi connectivity index (χ4v) is 1.91. The van der Waals surface area contributed by atoms with E-state index < -0.39 is 5.91 Å². The molecule has 0 saturated carbocycles. The number of nitrogens with one attached hydrogen (secondary N) is 2. The molecule has 0 fully saturated rings. The van der Waals surface area contributed by atoms with Gasteiger partial charge in [0.05, 0.1) is 12.1 Å². The molecule has 0 heterocycles. The van der Waals surface area contributed by atoms with E-state index in [9.17, 15) is 9.59 Å². The summed E-state index contributed by atoms with van der Waals surface area (Å²) in [5.74, 6) is -0.0851. The largest absolute Gasteiger partial charge is 0.369 e. The van der Waals surface area contributed by atoms with Crippen molar-refractivity contribution in [2.75, 3.05) is 12.4 Å². The van der Waals surface area contributed by atoms with Gasteiger partial charge in [0.1, 0.15) is 0 Å². The van der Waals surface area contributed by atoms with E-state index >= 15 is 0 Å². The van der Waals surface area contributed by atoms with Crippen molar-refractivity contribution in [3.8, 4) is 5.75 Å². The monoisotopic (exact) mass is 326 g/mol. The van der Waals surface area contributed by atoms with Gasteiger partial charge >= 0.3 is 6.03 Å². The summed E-state index contributed by atoms with van der Waals surface area (Å²) in [5, 5.41) is 9.12. The van der Waals surface area contributed by atoms with E-state index in [1.165, 1.54) is 7.05 Å². The molecular formula is C17H18N4O3. The molecule has 0 aliphatic rings. The summed E-state index contributed by atoms with van der Waals surface area (Å²) in [5.41, 5.74) is 6.99. The Labute approximate surface area is 139 Å². The maximum Gasteiger partial charge on any atom is 0.318 e. The van der Waals surface area contributed by atoms with Crippen LogP contribution < -0.4 is 21.2 Å². The highest BCUT2D eigenvalue weighted by Gasteiger charge is 2.08. The van der Waals surface area contributed by atoms with Crippen LogP contribution in [0.3, 0.4) is 0 Å². The normalized spacial score (nSPS) is 10.8. The third-order valence-corrected chi connectivity index (χ3v) is 3.03. The van der Waals surface area contributed by atoms with Crippen molar-refractivity contribution < 1.29 is 14.4 Å². The molecule has 124 valence electrons. The predicted octanol–water partition coefficient (Wildman–Crippen LogP) is 2.10. The van der Waals surface area contributed by atoms with Gasteiger partial charge in [0.25, 0.3) is 0 Å². The van der Waals surface area contributed by atoms with Crippen LogP contribution in [-0.4, -0.2) is 24.7 Å². The van der Waals surface area contributed by atoms with Gasteiger partial charge in [0, 0.05) is 18.8 Å². The summed E-state index contributed by atoms with van der Waals surface area (Å²) in [6.45, 7) is 0. The molecule has 24 heavy (non-hydrogen) atoms. The number of hydrogen-bond donors (Lipinski definition) is 3. The highest BCUT2D eigenvalue weighted by Crippen LogP contribution is 2.18. The number of oxime groups is 1. The Morgan fingerprint density at radius 1 is 1.12 bits per heavy atom. The first-order valence-electron chi connectivity index (χ1n) is 7.25. The summed E-state index contributed by atoms with van der Waals surface area (Å²) in [4.78, 5) is 27.9. The van der Waals surface area contributed by atoms with E-state index in [1.54, 1.807) is 24.3 Å². The van der Waals surface area contributed by atoms with Crippen LogP contribution >= 0.6 is 0 Å². The summed E-state index contributed by atoms with van der Waals surface area (Å²) >= 11 is 0. The van der Waals surface area contributed by atoms with Crippen molar-refractivity contribution >= 4 is 23.3 Å². The smallest absolute Gasteiger partial charge is 0.318 e. The third kappa shape index (κ3) is 5.13. The zero-order chi connectivity index (χ0) is 17.4. The van der Waals surface area contributed by atoms with Gasteiger partial charge in [-0.1, -0.05) is 41.6 Å². The van der Waals surface area contributed by atoms with Crippen LogP contribution in [0.5, 0.6) is 5.75 Å². The molecule has 0 saturated heterocycles. The van der Waals surface area contributed by atoms with Crippen LogP contribution in [0.4, 0.5) is 10.5 Å². The first-order chi connectivity index (χ1) is 11.6. The van der Waals surface area contributed by atoms with Gasteiger partial charge in [0.15, 0.2) is 5.75 Å². The van der Waals surface area contributed by atoms with Crippen molar-refractivity contribution in [2.24, 2.45) is 10.9 Å². The highest BCUT2D eigenvalue weighted by atomic mass is 16.6. The van der Waals surface area contributed by atoms with Crippen molar-refractivity contribution in [3.05, 3.63) is 60.2 Å². The van der Waals surface area contributed by atoms with Crippen molar-refractivity contribution in [1.82, 2.24) is 5.32 Å². The number of anilines is 1. The van der Waals surface area contributed by atoms with Gasteiger partial charge in [-0.3, -0.25) is 4.79 Å². The second-order valence-electron chi connectivity index (χ2n) is 4.87. The van der Waals surface area contributed by atoms with Crippen LogP contribution in [-0.2, 0) is 4.79 Å².